The maximum atomic E-state index is 13.1. The molecule has 4 nitrogen and oxygen atoms in total. The zero-order chi connectivity index (χ0) is 14.1. The van der Waals surface area contributed by atoms with E-state index in [2.05, 4.69) is 10.3 Å². The highest BCUT2D eigenvalue weighted by Gasteiger charge is 2.44. The van der Waals surface area contributed by atoms with Gasteiger partial charge in [-0.15, -0.1) is 0 Å². The van der Waals surface area contributed by atoms with E-state index in [0.717, 1.165) is 5.56 Å². The second kappa shape index (κ2) is 4.92. The molecule has 1 heterocycles. The maximum Gasteiger partial charge on any atom is 0.229 e. The third-order valence-electron chi connectivity index (χ3n) is 3.43. The first-order valence-electron chi connectivity index (χ1n) is 6.35. The summed E-state index contributed by atoms with van der Waals surface area (Å²) in [5, 5.41) is 12.1. The third kappa shape index (κ3) is 2.47. The Morgan fingerprint density at radius 1 is 1.35 bits per heavy atom. The first kappa shape index (κ1) is 12.6. The molecule has 1 fully saturated rings. The van der Waals surface area contributed by atoms with E-state index in [-0.39, 0.29) is 35.1 Å². The van der Waals surface area contributed by atoms with Gasteiger partial charge >= 0.3 is 0 Å². The minimum absolute atomic E-state index is 0.0385. The van der Waals surface area contributed by atoms with Crippen molar-refractivity contribution in [1.82, 2.24) is 4.98 Å². The van der Waals surface area contributed by atoms with Crippen molar-refractivity contribution in [3.05, 3.63) is 54.0 Å². The number of pyridine rings is 1. The van der Waals surface area contributed by atoms with Crippen molar-refractivity contribution in [1.29, 1.82) is 0 Å². The van der Waals surface area contributed by atoms with Crippen LogP contribution in [0, 0.1) is 11.7 Å². The van der Waals surface area contributed by atoms with E-state index in [1.54, 1.807) is 12.1 Å². The van der Waals surface area contributed by atoms with Gasteiger partial charge in [0.05, 0.1) is 0 Å². The monoisotopic (exact) mass is 272 g/mol. The molecule has 1 aromatic heterocycles. The number of aromatic hydroxyl groups is 1. The summed E-state index contributed by atoms with van der Waals surface area (Å²) in [7, 11) is 0. The molecule has 2 aromatic rings. The summed E-state index contributed by atoms with van der Waals surface area (Å²) < 4.78 is 13.1. The molecule has 1 aliphatic rings. The predicted molar refractivity (Wildman–Crippen MR) is 71.8 cm³/mol. The smallest absolute Gasteiger partial charge is 0.229 e. The number of nitrogens with zero attached hydrogens (tertiary/aromatic N) is 1. The van der Waals surface area contributed by atoms with E-state index < -0.39 is 0 Å². The Morgan fingerprint density at radius 2 is 2.20 bits per heavy atom. The molecule has 1 amide bonds. The molecule has 102 valence electrons. The lowest BCUT2D eigenvalue weighted by Gasteiger charge is -2.05. The van der Waals surface area contributed by atoms with Crippen molar-refractivity contribution < 1.29 is 14.3 Å². The van der Waals surface area contributed by atoms with Gasteiger partial charge in [0.2, 0.25) is 5.91 Å². The number of halogens is 1. The van der Waals surface area contributed by atoms with Crippen molar-refractivity contribution in [2.75, 3.05) is 5.32 Å². The number of nitrogens with one attached hydrogen (secondary N) is 1. The Bertz CT molecular complexity index is 660. The molecule has 1 aliphatic carbocycles. The lowest BCUT2D eigenvalue weighted by molar-refractivity contribution is -0.117. The average molecular weight is 272 g/mol. The quantitative estimate of drug-likeness (QED) is 0.903. The lowest BCUT2D eigenvalue weighted by Crippen LogP contribution is -2.15. The molecule has 0 radical (unpaired) electrons. The highest BCUT2D eigenvalue weighted by atomic mass is 19.1. The predicted octanol–water partition coefficient (Wildman–Crippen LogP) is 2.67. The Kier molecular flexibility index (Phi) is 3.10. The van der Waals surface area contributed by atoms with Gasteiger partial charge in [-0.25, -0.2) is 9.37 Å². The van der Waals surface area contributed by atoms with E-state index >= 15 is 0 Å². The van der Waals surface area contributed by atoms with E-state index in [4.69, 9.17) is 0 Å². The molecular weight excluding hydrogens is 259 g/mol. The summed E-state index contributed by atoms with van der Waals surface area (Å²) >= 11 is 0. The molecule has 1 saturated carbocycles. The maximum absolute atomic E-state index is 13.1. The van der Waals surface area contributed by atoms with Gasteiger partial charge in [-0.1, -0.05) is 12.1 Å². The molecule has 3 rings (SSSR count). The second-order valence-electron chi connectivity index (χ2n) is 4.86. The van der Waals surface area contributed by atoms with Crippen LogP contribution in [-0.2, 0) is 4.79 Å². The molecule has 2 unspecified atom stereocenters. The van der Waals surface area contributed by atoms with Crippen LogP contribution in [0.4, 0.5) is 10.2 Å². The minimum atomic E-state index is -0.295. The fourth-order valence-corrected chi connectivity index (χ4v) is 2.29. The van der Waals surface area contributed by atoms with Gasteiger partial charge in [0.15, 0.2) is 11.6 Å². The van der Waals surface area contributed by atoms with Crippen LogP contribution in [0.25, 0.3) is 0 Å². The zero-order valence-corrected chi connectivity index (χ0v) is 10.6. The molecule has 0 bridgehead atoms. The van der Waals surface area contributed by atoms with Crippen LogP contribution in [0.15, 0.2) is 42.6 Å². The van der Waals surface area contributed by atoms with Crippen molar-refractivity contribution in [3.8, 4) is 5.75 Å². The minimum Gasteiger partial charge on any atom is -0.504 e. The Morgan fingerprint density at radius 3 is 2.95 bits per heavy atom. The van der Waals surface area contributed by atoms with Gasteiger partial charge in [0.25, 0.3) is 0 Å². The SMILES string of the molecule is O=C(Nc1ncccc1O)C1CC1c1cccc(F)c1. The largest absolute Gasteiger partial charge is 0.504 e. The number of anilines is 1. The highest BCUT2D eigenvalue weighted by Crippen LogP contribution is 2.48. The number of benzene rings is 1. The van der Waals surface area contributed by atoms with Crippen molar-refractivity contribution in [2.45, 2.75) is 12.3 Å². The van der Waals surface area contributed by atoms with Crippen molar-refractivity contribution in [3.63, 3.8) is 0 Å². The number of hydrogen-bond donors (Lipinski definition) is 2. The standard InChI is InChI=1S/C15H13FN2O2/c16-10-4-1-3-9(7-10)11-8-12(11)15(20)18-14-13(19)5-2-6-17-14/h1-7,11-12,19H,8H2,(H,17,18,20). The molecule has 0 saturated heterocycles. The molecule has 5 heteroatoms. The van der Waals surface area contributed by atoms with Gasteiger partial charge in [-0.2, -0.15) is 0 Å². The summed E-state index contributed by atoms with van der Waals surface area (Å²) in [4.78, 5) is 15.9. The summed E-state index contributed by atoms with van der Waals surface area (Å²) in [6.07, 6.45) is 2.18. The zero-order valence-electron chi connectivity index (χ0n) is 10.6. The number of carbonyl (C=O) groups is 1. The van der Waals surface area contributed by atoms with Crippen LogP contribution >= 0.6 is 0 Å². The topological polar surface area (TPSA) is 62.2 Å². The summed E-state index contributed by atoms with van der Waals surface area (Å²) in [5.74, 6) is -0.565. The summed E-state index contributed by atoms with van der Waals surface area (Å²) in [6.45, 7) is 0. The van der Waals surface area contributed by atoms with E-state index in [1.807, 2.05) is 6.07 Å². The van der Waals surface area contributed by atoms with Gasteiger partial charge in [-0.05, 0) is 42.2 Å². The third-order valence-corrected chi connectivity index (χ3v) is 3.43. The lowest BCUT2D eigenvalue weighted by atomic mass is 10.1. The van der Waals surface area contributed by atoms with Gasteiger partial charge in [-0.3, -0.25) is 4.79 Å². The highest BCUT2D eigenvalue weighted by molar-refractivity contribution is 5.95. The number of hydrogen-bond acceptors (Lipinski definition) is 3. The first-order valence-corrected chi connectivity index (χ1v) is 6.35. The van der Waals surface area contributed by atoms with Crippen LogP contribution in [0.5, 0.6) is 5.75 Å². The molecule has 1 aromatic carbocycles. The number of rotatable bonds is 3. The molecule has 0 spiro atoms. The molecular formula is C15H13FN2O2. The van der Waals surface area contributed by atoms with Crippen LogP contribution in [0.3, 0.4) is 0 Å². The summed E-state index contributed by atoms with van der Waals surface area (Å²) in [5.41, 5.74) is 0.829. The van der Waals surface area contributed by atoms with Crippen LogP contribution in [-0.4, -0.2) is 16.0 Å². The van der Waals surface area contributed by atoms with Crippen molar-refractivity contribution in [2.24, 2.45) is 5.92 Å². The van der Waals surface area contributed by atoms with E-state index in [1.165, 1.54) is 24.4 Å². The number of aromatic nitrogens is 1. The molecule has 2 atom stereocenters. The Labute approximate surface area is 115 Å². The first-order chi connectivity index (χ1) is 9.65. The van der Waals surface area contributed by atoms with Crippen LogP contribution in [0.2, 0.25) is 0 Å². The summed E-state index contributed by atoms with van der Waals surface area (Å²) in [6, 6.07) is 9.34. The number of carbonyl (C=O) groups excluding carboxylic acids is 1. The Hall–Kier alpha value is -2.43. The van der Waals surface area contributed by atoms with Crippen molar-refractivity contribution >= 4 is 11.7 Å². The van der Waals surface area contributed by atoms with Crippen LogP contribution < -0.4 is 5.32 Å². The second-order valence-corrected chi connectivity index (χ2v) is 4.86. The molecule has 0 aliphatic heterocycles. The fourth-order valence-electron chi connectivity index (χ4n) is 2.29. The normalized spacial score (nSPS) is 20.4. The average Bonchev–Trinajstić information content (AvgIpc) is 3.22. The van der Waals surface area contributed by atoms with Gasteiger partial charge in [0.1, 0.15) is 5.82 Å². The number of amides is 1. The Balaban J connectivity index is 1.68. The molecule has 20 heavy (non-hydrogen) atoms. The van der Waals surface area contributed by atoms with E-state index in [0.29, 0.717) is 6.42 Å². The van der Waals surface area contributed by atoms with E-state index in [9.17, 15) is 14.3 Å². The van der Waals surface area contributed by atoms with Gasteiger partial charge < -0.3 is 10.4 Å². The molecule has 2 N–H and O–H groups in total. The van der Waals surface area contributed by atoms with Crippen LogP contribution in [0.1, 0.15) is 17.9 Å². The van der Waals surface area contributed by atoms with Gasteiger partial charge in [0, 0.05) is 12.1 Å². The fraction of sp³-hybridized carbons (Fsp3) is 0.200.